The number of rotatable bonds is 4. The predicted octanol–water partition coefficient (Wildman–Crippen LogP) is 2.65. The Morgan fingerprint density at radius 2 is 2.17 bits per heavy atom. The Hall–Kier alpha value is -1.97. The molecular weight excluding hydrogens is 226 g/mol. The summed E-state index contributed by atoms with van der Waals surface area (Å²) in [7, 11) is 1.70. The summed E-state index contributed by atoms with van der Waals surface area (Å²) in [6.45, 7) is 5.04. The highest BCUT2D eigenvalue weighted by Crippen LogP contribution is 2.27. The maximum Gasteiger partial charge on any atom is 0.122 e. The molecule has 0 radical (unpaired) electrons. The Morgan fingerprint density at radius 3 is 2.72 bits per heavy atom. The summed E-state index contributed by atoms with van der Waals surface area (Å²) < 4.78 is 7.21. The molecule has 0 aliphatic heterocycles. The number of hydrogen-bond acceptors (Lipinski definition) is 3. The average molecular weight is 245 g/mol. The van der Waals surface area contributed by atoms with Gasteiger partial charge in [0.15, 0.2) is 0 Å². The zero-order valence-corrected chi connectivity index (χ0v) is 11.1. The van der Waals surface area contributed by atoms with Crippen LogP contribution in [0, 0.1) is 0 Å². The summed E-state index contributed by atoms with van der Waals surface area (Å²) in [6, 6.07) is 6.24. The first kappa shape index (κ1) is 12.5. The second kappa shape index (κ2) is 5.12. The molecule has 0 amide bonds. The lowest BCUT2D eigenvalue weighted by molar-refractivity contribution is 0.407. The molecule has 0 unspecified atom stereocenters. The number of nitrogens with two attached hydrogens (primary N) is 1. The number of methoxy groups -OCH3 is 1. The molecule has 0 saturated carbocycles. The van der Waals surface area contributed by atoms with Crippen molar-refractivity contribution in [3.8, 4) is 5.75 Å². The predicted molar refractivity (Wildman–Crippen MR) is 72.8 cm³/mol. The normalized spacial score (nSPS) is 10.9. The van der Waals surface area contributed by atoms with Gasteiger partial charge < -0.3 is 10.5 Å². The van der Waals surface area contributed by atoms with Crippen LogP contribution in [0.4, 0.5) is 5.69 Å². The monoisotopic (exact) mass is 245 g/mol. The van der Waals surface area contributed by atoms with Crippen LogP contribution in [0.25, 0.3) is 0 Å². The van der Waals surface area contributed by atoms with Crippen LogP contribution in [0.1, 0.15) is 30.9 Å². The van der Waals surface area contributed by atoms with Crippen LogP contribution in [0.2, 0.25) is 0 Å². The number of nitrogens with zero attached hydrogens (tertiary/aromatic N) is 2. The Bertz CT molecular complexity index is 532. The molecule has 2 aromatic rings. The fraction of sp³-hybridized carbons (Fsp3) is 0.357. The summed E-state index contributed by atoms with van der Waals surface area (Å²) in [6.07, 6.45) is 3.49. The SMILES string of the molecule is COc1ccc(Cn2cc(N)cn2)cc1C(C)C. The van der Waals surface area contributed by atoms with E-state index in [2.05, 4.69) is 31.1 Å². The number of aromatic nitrogens is 2. The standard InChI is InChI=1S/C14H19N3O/c1-10(2)13-6-11(4-5-14(13)18-3)8-17-9-12(15)7-16-17/h4-7,9-10H,8,15H2,1-3H3. The van der Waals surface area contributed by atoms with E-state index in [1.54, 1.807) is 13.3 Å². The topological polar surface area (TPSA) is 53.1 Å². The molecule has 0 atom stereocenters. The highest BCUT2D eigenvalue weighted by atomic mass is 16.5. The summed E-state index contributed by atoms with van der Waals surface area (Å²) in [5, 5.41) is 4.19. The van der Waals surface area contributed by atoms with Gasteiger partial charge >= 0.3 is 0 Å². The number of ether oxygens (including phenoxy) is 1. The van der Waals surface area contributed by atoms with Crippen molar-refractivity contribution in [2.75, 3.05) is 12.8 Å². The molecule has 0 saturated heterocycles. The highest BCUT2D eigenvalue weighted by molar-refractivity contribution is 5.39. The maximum absolute atomic E-state index is 5.65. The van der Waals surface area contributed by atoms with Gasteiger partial charge in [-0.1, -0.05) is 19.9 Å². The fourth-order valence-electron chi connectivity index (χ4n) is 1.99. The van der Waals surface area contributed by atoms with Gasteiger partial charge in [0, 0.05) is 6.20 Å². The first-order chi connectivity index (χ1) is 8.60. The molecule has 96 valence electrons. The van der Waals surface area contributed by atoms with Gasteiger partial charge in [-0.2, -0.15) is 5.10 Å². The lowest BCUT2D eigenvalue weighted by atomic mass is 9.99. The van der Waals surface area contributed by atoms with E-state index in [0.29, 0.717) is 11.6 Å². The Morgan fingerprint density at radius 1 is 1.39 bits per heavy atom. The minimum Gasteiger partial charge on any atom is -0.496 e. The zero-order chi connectivity index (χ0) is 13.1. The minimum atomic E-state index is 0.433. The van der Waals surface area contributed by atoms with Crippen molar-refractivity contribution >= 4 is 5.69 Å². The van der Waals surface area contributed by atoms with Crippen LogP contribution in [-0.2, 0) is 6.54 Å². The minimum absolute atomic E-state index is 0.433. The quantitative estimate of drug-likeness (QED) is 0.901. The first-order valence-corrected chi connectivity index (χ1v) is 6.05. The molecule has 1 heterocycles. The highest BCUT2D eigenvalue weighted by Gasteiger charge is 2.08. The number of benzene rings is 1. The Kier molecular flexibility index (Phi) is 3.55. The van der Waals surface area contributed by atoms with Crippen LogP contribution in [0.3, 0.4) is 0 Å². The number of nitrogen functional groups attached to an aromatic ring is 1. The lowest BCUT2D eigenvalue weighted by Gasteiger charge is -2.13. The average Bonchev–Trinajstić information content (AvgIpc) is 2.74. The number of anilines is 1. The van der Waals surface area contributed by atoms with Gasteiger partial charge in [-0.25, -0.2) is 0 Å². The molecule has 0 fully saturated rings. The molecule has 18 heavy (non-hydrogen) atoms. The van der Waals surface area contributed by atoms with Crippen molar-refractivity contribution in [2.24, 2.45) is 0 Å². The third kappa shape index (κ3) is 2.64. The summed E-state index contributed by atoms with van der Waals surface area (Å²) in [5.41, 5.74) is 8.75. The third-order valence-electron chi connectivity index (χ3n) is 2.91. The smallest absolute Gasteiger partial charge is 0.122 e. The Balaban J connectivity index is 2.26. The van der Waals surface area contributed by atoms with Crippen molar-refractivity contribution in [1.82, 2.24) is 9.78 Å². The number of hydrogen-bond donors (Lipinski definition) is 1. The van der Waals surface area contributed by atoms with Crippen LogP contribution in [0.5, 0.6) is 5.75 Å². The van der Waals surface area contributed by atoms with Crippen molar-refractivity contribution in [3.05, 3.63) is 41.7 Å². The largest absolute Gasteiger partial charge is 0.496 e. The summed E-state index contributed by atoms with van der Waals surface area (Å²) >= 11 is 0. The molecule has 2 N–H and O–H groups in total. The van der Waals surface area contributed by atoms with E-state index >= 15 is 0 Å². The molecule has 1 aromatic carbocycles. The van der Waals surface area contributed by atoms with E-state index in [4.69, 9.17) is 10.5 Å². The van der Waals surface area contributed by atoms with Gasteiger partial charge in [0.25, 0.3) is 0 Å². The molecular formula is C14H19N3O. The van der Waals surface area contributed by atoms with E-state index in [9.17, 15) is 0 Å². The molecule has 1 aromatic heterocycles. The fourth-order valence-corrected chi connectivity index (χ4v) is 1.99. The molecule has 0 aliphatic carbocycles. The van der Waals surface area contributed by atoms with Crippen LogP contribution < -0.4 is 10.5 Å². The van der Waals surface area contributed by atoms with Gasteiger partial charge in [0.1, 0.15) is 5.75 Å². The van der Waals surface area contributed by atoms with E-state index in [-0.39, 0.29) is 0 Å². The molecule has 0 spiro atoms. The molecule has 4 heteroatoms. The second-order valence-corrected chi connectivity index (χ2v) is 4.70. The van der Waals surface area contributed by atoms with Crippen molar-refractivity contribution in [3.63, 3.8) is 0 Å². The van der Waals surface area contributed by atoms with E-state index in [1.807, 2.05) is 16.9 Å². The van der Waals surface area contributed by atoms with Gasteiger partial charge in [-0.3, -0.25) is 4.68 Å². The van der Waals surface area contributed by atoms with E-state index in [1.165, 1.54) is 11.1 Å². The second-order valence-electron chi connectivity index (χ2n) is 4.70. The molecule has 4 nitrogen and oxygen atoms in total. The maximum atomic E-state index is 5.65. The summed E-state index contributed by atoms with van der Waals surface area (Å²) in [5.74, 6) is 1.37. The van der Waals surface area contributed by atoms with Crippen LogP contribution in [-0.4, -0.2) is 16.9 Å². The zero-order valence-electron chi connectivity index (χ0n) is 11.1. The van der Waals surface area contributed by atoms with E-state index < -0.39 is 0 Å². The van der Waals surface area contributed by atoms with Gasteiger partial charge in [-0.15, -0.1) is 0 Å². The lowest BCUT2D eigenvalue weighted by Crippen LogP contribution is -2.02. The Labute approximate surface area is 107 Å². The summed E-state index contributed by atoms with van der Waals surface area (Å²) in [4.78, 5) is 0. The van der Waals surface area contributed by atoms with Gasteiger partial charge in [0.05, 0.1) is 25.5 Å². The van der Waals surface area contributed by atoms with Crippen molar-refractivity contribution in [2.45, 2.75) is 26.3 Å². The van der Waals surface area contributed by atoms with Crippen molar-refractivity contribution in [1.29, 1.82) is 0 Å². The van der Waals surface area contributed by atoms with E-state index in [0.717, 1.165) is 12.3 Å². The molecule has 0 bridgehead atoms. The van der Waals surface area contributed by atoms with Gasteiger partial charge in [0.2, 0.25) is 0 Å². The van der Waals surface area contributed by atoms with Gasteiger partial charge in [-0.05, 0) is 29.2 Å². The first-order valence-electron chi connectivity index (χ1n) is 6.05. The molecule has 2 rings (SSSR count). The van der Waals surface area contributed by atoms with Crippen molar-refractivity contribution < 1.29 is 4.74 Å². The molecule has 0 aliphatic rings. The van der Waals surface area contributed by atoms with Crippen LogP contribution >= 0.6 is 0 Å². The van der Waals surface area contributed by atoms with Crippen LogP contribution in [0.15, 0.2) is 30.6 Å². The third-order valence-corrected chi connectivity index (χ3v) is 2.91.